The van der Waals surface area contributed by atoms with Crippen LogP contribution in [-0.2, 0) is 4.74 Å². The molecule has 24 heavy (non-hydrogen) atoms. The number of ether oxygens (including phenoxy) is 2. The number of hydrogen-bond acceptors (Lipinski definition) is 6. The minimum Gasteiger partial charge on any atom is -0.456 e. The lowest BCUT2D eigenvalue weighted by molar-refractivity contribution is -0.384. The van der Waals surface area contributed by atoms with Crippen LogP contribution in [0.5, 0.6) is 11.5 Å². The number of hydrogen-bond donors (Lipinski definition) is 1. The molecule has 0 spiro atoms. The molecule has 1 aromatic carbocycles. The SMILES string of the molecule is COC(=O)Nc1cn2cc(Oc3ccc([N+](=O)[O-])cc3)ccc2n1. The lowest BCUT2D eigenvalue weighted by Gasteiger charge is -2.05. The number of methoxy groups -OCH3 is 1. The van der Waals surface area contributed by atoms with E-state index >= 15 is 0 Å². The Morgan fingerprint density at radius 3 is 2.54 bits per heavy atom. The van der Waals surface area contributed by atoms with Gasteiger partial charge in [-0.15, -0.1) is 0 Å². The van der Waals surface area contributed by atoms with Gasteiger partial charge in [0.05, 0.1) is 24.4 Å². The van der Waals surface area contributed by atoms with E-state index in [1.54, 1.807) is 28.9 Å². The zero-order valence-electron chi connectivity index (χ0n) is 12.5. The van der Waals surface area contributed by atoms with Gasteiger partial charge in [0.2, 0.25) is 0 Å². The van der Waals surface area contributed by atoms with Gasteiger partial charge in [0, 0.05) is 12.1 Å². The molecule has 2 aromatic heterocycles. The topological polar surface area (TPSA) is 108 Å². The summed E-state index contributed by atoms with van der Waals surface area (Å²) in [7, 11) is 1.27. The number of non-ortho nitro benzene ring substituents is 1. The minimum absolute atomic E-state index is 0.00839. The van der Waals surface area contributed by atoms with Crippen LogP contribution in [0, 0.1) is 10.1 Å². The molecule has 3 aromatic rings. The third-order valence-corrected chi connectivity index (χ3v) is 3.12. The zero-order valence-corrected chi connectivity index (χ0v) is 12.5. The summed E-state index contributed by atoms with van der Waals surface area (Å²) < 4.78 is 11.8. The van der Waals surface area contributed by atoms with Crippen molar-refractivity contribution in [2.75, 3.05) is 12.4 Å². The Labute approximate surface area is 135 Å². The number of nitro groups is 1. The molecule has 2 heterocycles. The number of benzene rings is 1. The van der Waals surface area contributed by atoms with Gasteiger partial charge in [0.25, 0.3) is 5.69 Å². The van der Waals surface area contributed by atoms with Crippen LogP contribution in [0.15, 0.2) is 48.8 Å². The highest BCUT2D eigenvalue weighted by Crippen LogP contribution is 2.24. The second-order valence-electron chi connectivity index (χ2n) is 4.73. The van der Waals surface area contributed by atoms with Crippen LogP contribution in [0.1, 0.15) is 0 Å². The van der Waals surface area contributed by atoms with E-state index in [1.807, 2.05) is 0 Å². The van der Waals surface area contributed by atoms with Gasteiger partial charge in [-0.05, 0) is 24.3 Å². The molecule has 0 atom stereocenters. The molecular weight excluding hydrogens is 316 g/mol. The highest BCUT2D eigenvalue weighted by Gasteiger charge is 2.08. The van der Waals surface area contributed by atoms with E-state index in [1.165, 1.54) is 31.4 Å². The Morgan fingerprint density at radius 1 is 1.17 bits per heavy atom. The van der Waals surface area contributed by atoms with Crippen molar-refractivity contribution in [3.63, 3.8) is 0 Å². The zero-order chi connectivity index (χ0) is 17.1. The maximum atomic E-state index is 11.2. The van der Waals surface area contributed by atoms with Crippen LogP contribution >= 0.6 is 0 Å². The van der Waals surface area contributed by atoms with Crippen LogP contribution < -0.4 is 10.1 Å². The average Bonchev–Trinajstić information content (AvgIpc) is 2.96. The first-order chi connectivity index (χ1) is 11.5. The van der Waals surface area contributed by atoms with Crippen LogP contribution in [-0.4, -0.2) is 27.5 Å². The van der Waals surface area contributed by atoms with Crippen molar-refractivity contribution in [2.24, 2.45) is 0 Å². The van der Waals surface area contributed by atoms with Gasteiger partial charge in [0.1, 0.15) is 17.1 Å². The second-order valence-corrected chi connectivity index (χ2v) is 4.73. The summed E-state index contributed by atoms with van der Waals surface area (Å²) >= 11 is 0. The number of carbonyl (C=O) groups is 1. The Balaban J connectivity index is 1.79. The lowest BCUT2D eigenvalue weighted by Crippen LogP contribution is -2.10. The first-order valence-electron chi connectivity index (χ1n) is 6.81. The van der Waals surface area contributed by atoms with Crippen LogP contribution in [0.25, 0.3) is 5.65 Å². The quantitative estimate of drug-likeness (QED) is 0.582. The summed E-state index contributed by atoms with van der Waals surface area (Å²) in [5.41, 5.74) is 0.600. The predicted octanol–water partition coefficient (Wildman–Crippen LogP) is 3.21. The molecule has 0 bridgehead atoms. The molecule has 0 unspecified atom stereocenters. The van der Waals surface area contributed by atoms with Gasteiger partial charge in [-0.2, -0.15) is 0 Å². The average molecular weight is 328 g/mol. The van der Waals surface area contributed by atoms with Gasteiger partial charge in [-0.25, -0.2) is 9.78 Å². The number of amides is 1. The number of imidazole rings is 1. The van der Waals surface area contributed by atoms with E-state index in [0.29, 0.717) is 23.0 Å². The number of nitrogens with one attached hydrogen (secondary N) is 1. The maximum absolute atomic E-state index is 11.2. The molecule has 0 aliphatic heterocycles. The van der Waals surface area contributed by atoms with Crippen molar-refractivity contribution in [2.45, 2.75) is 0 Å². The van der Waals surface area contributed by atoms with Crippen molar-refractivity contribution >= 4 is 23.2 Å². The van der Waals surface area contributed by atoms with Crippen molar-refractivity contribution in [1.29, 1.82) is 0 Å². The van der Waals surface area contributed by atoms with Crippen molar-refractivity contribution in [3.8, 4) is 11.5 Å². The van der Waals surface area contributed by atoms with Gasteiger partial charge in [-0.3, -0.25) is 15.4 Å². The Kier molecular flexibility index (Phi) is 3.98. The Hall–Kier alpha value is -3.62. The molecule has 0 aliphatic rings. The third kappa shape index (κ3) is 3.24. The number of carbonyl (C=O) groups excluding carboxylic acids is 1. The third-order valence-electron chi connectivity index (χ3n) is 3.12. The lowest BCUT2D eigenvalue weighted by atomic mass is 10.3. The van der Waals surface area contributed by atoms with Crippen LogP contribution in [0.4, 0.5) is 16.3 Å². The van der Waals surface area contributed by atoms with E-state index < -0.39 is 11.0 Å². The number of rotatable bonds is 4. The van der Waals surface area contributed by atoms with Gasteiger partial charge in [-0.1, -0.05) is 0 Å². The Morgan fingerprint density at radius 2 is 1.88 bits per heavy atom. The number of pyridine rings is 1. The number of aromatic nitrogens is 2. The summed E-state index contributed by atoms with van der Waals surface area (Å²) in [5, 5.41) is 13.1. The standard InChI is InChI=1S/C15H12N4O5/c1-23-15(20)17-13-9-18-8-12(6-7-14(18)16-13)24-11-4-2-10(3-5-11)19(21)22/h2-9H,1H3,(H,17,20). The van der Waals surface area contributed by atoms with Gasteiger partial charge < -0.3 is 13.9 Å². The number of nitrogens with zero attached hydrogens (tertiary/aromatic N) is 3. The van der Waals surface area contributed by atoms with Crippen LogP contribution in [0.3, 0.4) is 0 Å². The van der Waals surface area contributed by atoms with E-state index in [4.69, 9.17) is 4.74 Å². The summed E-state index contributed by atoms with van der Waals surface area (Å²) in [6.07, 6.45) is 2.67. The highest BCUT2D eigenvalue weighted by atomic mass is 16.6. The monoisotopic (exact) mass is 328 g/mol. The molecular formula is C15H12N4O5. The van der Waals surface area contributed by atoms with Crippen molar-refractivity contribution in [1.82, 2.24) is 9.38 Å². The highest BCUT2D eigenvalue weighted by molar-refractivity contribution is 5.83. The summed E-state index contributed by atoms with van der Waals surface area (Å²) in [6, 6.07) is 9.17. The molecule has 9 heteroatoms. The molecule has 0 aliphatic carbocycles. The van der Waals surface area contributed by atoms with Crippen molar-refractivity contribution < 1.29 is 19.2 Å². The molecule has 0 saturated heterocycles. The molecule has 0 fully saturated rings. The van der Waals surface area contributed by atoms with Gasteiger partial charge in [0.15, 0.2) is 5.82 Å². The minimum atomic E-state index is -0.610. The normalized spacial score (nSPS) is 10.4. The molecule has 1 N–H and O–H groups in total. The molecule has 0 saturated carbocycles. The molecule has 3 rings (SSSR count). The summed E-state index contributed by atoms with van der Waals surface area (Å²) in [4.78, 5) is 25.5. The van der Waals surface area contributed by atoms with E-state index in [0.717, 1.165) is 0 Å². The molecule has 1 amide bonds. The Bertz CT molecular complexity index is 904. The number of nitro benzene ring substituents is 1. The van der Waals surface area contributed by atoms with Crippen LogP contribution in [0.2, 0.25) is 0 Å². The number of anilines is 1. The van der Waals surface area contributed by atoms with E-state index in [-0.39, 0.29) is 5.69 Å². The maximum Gasteiger partial charge on any atom is 0.412 e. The van der Waals surface area contributed by atoms with Gasteiger partial charge >= 0.3 is 6.09 Å². The van der Waals surface area contributed by atoms with Crippen molar-refractivity contribution in [3.05, 3.63) is 58.9 Å². The van der Waals surface area contributed by atoms with E-state index in [2.05, 4.69) is 15.0 Å². The number of fused-ring (bicyclic) bond motifs is 1. The molecule has 9 nitrogen and oxygen atoms in total. The summed E-state index contributed by atoms with van der Waals surface area (Å²) in [5.74, 6) is 1.32. The first-order valence-corrected chi connectivity index (χ1v) is 6.81. The largest absolute Gasteiger partial charge is 0.456 e. The predicted molar refractivity (Wildman–Crippen MR) is 84.4 cm³/mol. The molecule has 0 radical (unpaired) electrons. The summed E-state index contributed by atoms with van der Waals surface area (Å²) in [6.45, 7) is 0. The first kappa shape index (κ1) is 15.3. The second kappa shape index (κ2) is 6.24. The smallest absolute Gasteiger partial charge is 0.412 e. The fraction of sp³-hybridized carbons (Fsp3) is 0.0667. The fourth-order valence-electron chi connectivity index (χ4n) is 2.02. The fourth-order valence-corrected chi connectivity index (χ4v) is 2.02. The molecule has 122 valence electrons. The van der Waals surface area contributed by atoms with E-state index in [9.17, 15) is 14.9 Å².